The summed E-state index contributed by atoms with van der Waals surface area (Å²) in [6, 6.07) is 7.12. The Balaban J connectivity index is 1.87. The molecule has 1 fully saturated rings. The van der Waals surface area contributed by atoms with Crippen molar-refractivity contribution in [3.05, 3.63) is 29.8 Å². The number of benzene rings is 1. The first-order valence-electron chi connectivity index (χ1n) is 6.94. The summed E-state index contributed by atoms with van der Waals surface area (Å²) in [6.45, 7) is 0.171. The minimum Gasteiger partial charge on any atom is -0.497 e. The summed E-state index contributed by atoms with van der Waals surface area (Å²) in [4.78, 5) is 12.0. The summed E-state index contributed by atoms with van der Waals surface area (Å²) in [7, 11) is 1.59. The van der Waals surface area contributed by atoms with Crippen molar-refractivity contribution in [2.75, 3.05) is 13.7 Å². The van der Waals surface area contributed by atoms with E-state index in [9.17, 15) is 9.90 Å². The molecule has 1 aliphatic rings. The molecule has 0 aliphatic heterocycles. The average molecular weight is 278 g/mol. The molecule has 5 heteroatoms. The summed E-state index contributed by atoms with van der Waals surface area (Å²) in [6.07, 6.45) is 2.68. The smallest absolute Gasteiger partial charge is 0.240 e. The van der Waals surface area contributed by atoms with E-state index in [4.69, 9.17) is 10.5 Å². The van der Waals surface area contributed by atoms with Crippen LogP contribution in [0.15, 0.2) is 24.3 Å². The first kappa shape index (κ1) is 14.8. The zero-order valence-corrected chi connectivity index (χ0v) is 11.8. The molecular formula is C15H22N2O3. The van der Waals surface area contributed by atoms with Crippen molar-refractivity contribution in [3.63, 3.8) is 0 Å². The number of hydrogen-bond acceptors (Lipinski definition) is 4. The van der Waals surface area contributed by atoms with Gasteiger partial charge in [0.25, 0.3) is 0 Å². The van der Waals surface area contributed by atoms with Gasteiger partial charge >= 0.3 is 0 Å². The minimum atomic E-state index is -0.750. The van der Waals surface area contributed by atoms with Gasteiger partial charge in [-0.25, -0.2) is 0 Å². The molecule has 4 N–H and O–H groups in total. The summed E-state index contributed by atoms with van der Waals surface area (Å²) in [5.74, 6) is 0.569. The lowest BCUT2D eigenvalue weighted by atomic mass is 9.98. The highest BCUT2D eigenvalue weighted by Gasteiger charge is 2.36. The van der Waals surface area contributed by atoms with Crippen LogP contribution in [0.25, 0.3) is 0 Å². The van der Waals surface area contributed by atoms with Crippen molar-refractivity contribution >= 4 is 5.91 Å². The molecule has 110 valence electrons. The third-order valence-corrected chi connectivity index (χ3v) is 3.90. The molecule has 0 heterocycles. The normalized spacial score (nSPS) is 18.6. The summed E-state index contributed by atoms with van der Waals surface area (Å²) in [5.41, 5.74) is 6.04. The van der Waals surface area contributed by atoms with Crippen molar-refractivity contribution in [3.8, 4) is 5.75 Å². The van der Waals surface area contributed by atoms with Crippen LogP contribution in [0.3, 0.4) is 0 Å². The van der Waals surface area contributed by atoms with Gasteiger partial charge in [-0.15, -0.1) is 0 Å². The van der Waals surface area contributed by atoms with E-state index in [0.717, 1.165) is 37.0 Å². The van der Waals surface area contributed by atoms with Gasteiger partial charge in [-0.3, -0.25) is 4.79 Å². The Morgan fingerprint density at radius 2 is 2.00 bits per heavy atom. The van der Waals surface area contributed by atoms with E-state index in [0.29, 0.717) is 0 Å². The molecule has 0 radical (unpaired) electrons. The van der Waals surface area contributed by atoms with Crippen LogP contribution in [0.4, 0.5) is 0 Å². The summed E-state index contributed by atoms with van der Waals surface area (Å²) < 4.78 is 5.06. The van der Waals surface area contributed by atoms with Gasteiger partial charge in [0.15, 0.2) is 0 Å². The highest BCUT2D eigenvalue weighted by Crippen LogP contribution is 2.27. The zero-order valence-electron chi connectivity index (χ0n) is 11.8. The third-order valence-electron chi connectivity index (χ3n) is 3.90. The van der Waals surface area contributed by atoms with Crippen LogP contribution in [0.2, 0.25) is 0 Å². The number of rotatable bonds is 5. The number of aliphatic hydroxyl groups is 1. The Labute approximate surface area is 119 Å². The Hall–Kier alpha value is -1.59. The van der Waals surface area contributed by atoms with Crippen LogP contribution in [-0.4, -0.2) is 30.2 Å². The summed E-state index contributed by atoms with van der Waals surface area (Å²) >= 11 is 0. The lowest BCUT2D eigenvalue weighted by Gasteiger charge is -2.23. The molecule has 20 heavy (non-hydrogen) atoms. The molecule has 1 unspecified atom stereocenters. The second-order valence-corrected chi connectivity index (χ2v) is 5.36. The Morgan fingerprint density at radius 3 is 2.55 bits per heavy atom. The maximum absolute atomic E-state index is 12.0. The van der Waals surface area contributed by atoms with E-state index in [1.807, 2.05) is 0 Å². The number of nitrogens with two attached hydrogens (primary N) is 1. The van der Waals surface area contributed by atoms with E-state index >= 15 is 0 Å². The van der Waals surface area contributed by atoms with Gasteiger partial charge in [0, 0.05) is 6.54 Å². The molecular weight excluding hydrogens is 256 g/mol. The lowest BCUT2D eigenvalue weighted by Crippen LogP contribution is -2.52. The molecule has 0 bridgehead atoms. The molecule has 1 aromatic carbocycles. The van der Waals surface area contributed by atoms with Crippen LogP contribution >= 0.6 is 0 Å². The van der Waals surface area contributed by atoms with Crippen molar-refractivity contribution in [1.82, 2.24) is 5.32 Å². The molecule has 0 aromatic heterocycles. The molecule has 2 rings (SSSR count). The first-order chi connectivity index (χ1) is 9.55. The number of amides is 1. The predicted octanol–water partition coefficient (Wildman–Crippen LogP) is 1.12. The van der Waals surface area contributed by atoms with Crippen molar-refractivity contribution in [2.24, 2.45) is 5.73 Å². The Bertz CT molecular complexity index is 453. The average Bonchev–Trinajstić information content (AvgIpc) is 2.92. The van der Waals surface area contributed by atoms with Gasteiger partial charge in [-0.1, -0.05) is 25.0 Å². The number of aliphatic hydroxyl groups excluding tert-OH is 1. The van der Waals surface area contributed by atoms with E-state index < -0.39 is 11.6 Å². The Kier molecular flexibility index (Phi) is 4.62. The van der Waals surface area contributed by atoms with Crippen LogP contribution in [0.5, 0.6) is 5.75 Å². The van der Waals surface area contributed by atoms with Crippen LogP contribution < -0.4 is 15.8 Å². The number of methoxy groups -OCH3 is 1. The van der Waals surface area contributed by atoms with Gasteiger partial charge < -0.3 is 20.9 Å². The fraction of sp³-hybridized carbons (Fsp3) is 0.533. The van der Waals surface area contributed by atoms with Gasteiger partial charge in [-0.05, 0) is 30.5 Å². The summed E-state index contributed by atoms with van der Waals surface area (Å²) in [5, 5.41) is 12.8. The maximum Gasteiger partial charge on any atom is 0.240 e. The predicted molar refractivity (Wildman–Crippen MR) is 76.3 cm³/mol. The van der Waals surface area contributed by atoms with Crippen molar-refractivity contribution < 1.29 is 14.6 Å². The minimum absolute atomic E-state index is 0.164. The molecule has 0 saturated heterocycles. The van der Waals surface area contributed by atoms with E-state index in [2.05, 4.69) is 5.32 Å². The molecule has 1 aromatic rings. The van der Waals surface area contributed by atoms with Gasteiger partial charge in [0.2, 0.25) is 5.91 Å². The van der Waals surface area contributed by atoms with Crippen molar-refractivity contribution in [2.45, 2.75) is 37.3 Å². The van der Waals surface area contributed by atoms with Gasteiger partial charge in [0.05, 0.1) is 18.8 Å². The Morgan fingerprint density at radius 1 is 1.40 bits per heavy atom. The molecule has 5 nitrogen and oxygen atoms in total. The fourth-order valence-corrected chi connectivity index (χ4v) is 2.54. The third kappa shape index (κ3) is 3.29. The fourth-order valence-electron chi connectivity index (χ4n) is 2.54. The monoisotopic (exact) mass is 278 g/mol. The number of ether oxygens (including phenoxy) is 1. The molecule has 1 saturated carbocycles. The largest absolute Gasteiger partial charge is 0.497 e. The maximum atomic E-state index is 12.0. The second kappa shape index (κ2) is 6.24. The standard InChI is InChI=1S/C15H22N2O3/c1-20-12-6-4-11(5-7-12)13(18)10-17-14(19)15(16)8-2-3-9-15/h4-7,13,18H,2-3,8-10,16H2,1H3,(H,17,19). The highest BCUT2D eigenvalue weighted by molar-refractivity contribution is 5.86. The van der Waals surface area contributed by atoms with Crippen LogP contribution in [0, 0.1) is 0 Å². The quantitative estimate of drug-likeness (QED) is 0.753. The topological polar surface area (TPSA) is 84.6 Å². The van der Waals surface area contributed by atoms with Crippen LogP contribution in [-0.2, 0) is 4.79 Å². The van der Waals surface area contributed by atoms with Gasteiger partial charge in [0.1, 0.15) is 5.75 Å². The van der Waals surface area contributed by atoms with E-state index in [1.54, 1.807) is 31.4 Å². The first-order valence-corrected chi connectivity index (χ1v) is 6.94. The number of hydrogen-bond donors (Lipinski definition) is 3. The van der Waals surface area contributed by atoms with Crippen LogP contribution in [0.1, 0.15) is 37.4 Å². The van der Waals surface area contributed by atoms with Crippen molar-refractivity contribution in [1.29, 1.82) is 0 Å². The second-order valence-electron chi connectivity index (χ2n) is 5.36. The SMILES string of the molecule is COc1ccc(C(O)CNC(=O)C2(N)CCCC2)cc1. The van der Waals surface area contributed by atoms with Gasteiger partial charge in [-0.2, -0.15) is 0 Å². The van der Waals surface area contributed by atoms with E-state index in [-0.39, 0.29) is 12.5 Å². The molecule has 1 amide bonds. The van der Waals surface area contributed by atoms with E-state index in [1.165, 1.54) is 0 Å². The zero-order chi connectivity index (χ0) is 14.6. The molecule has 0 spiro atoms. The highest BCUT2D eigenvalue weighted by atomic mass is 16.5. The number of nitrogens with one attached hydrogen (secondary N) is 1. The number of carbonyl (C=O) groups is 1. The molecule has 1 atom stereocenters. The molecule has 1 aliphatic carbocycles. The number of carbonyl (C=O) groups excluding carboxylic acids is 1. The lowest BCUT2D eigenvalue weighted by molar-refractivity contribution is -0.126.